The molecule has 0 N–H and O–H groups in total. The zero-order valence-corrected chi connectivity index (χ0v) is 18.7. The van der Waals surface area contributed by atoms with Gasteiger partial charge in [0.1, 0.15) is 5.58 Å². The highest BCUT2D eigenvalue weighted by Gasteiger charge is 2.31. The normalized spacial score (nSPS) is 20.5. The van der Waals surface area contributed by atoms with Crippen molar-refractivity contribution >= 4 is 21.2 Å². The Hall–Kier alpha value is -1.74. The summed E-state index contributed by atoms with van der Waals surface area (Å²) in [7, 11) is -3.38. The zero-order valence-electron chi connectivity index (χ0n) is 17.9. The van der Waals surface area contributed by atoms with Crippen molar-refractivity contribution in [3.8, 4) is 0 Å². The average Bonchev–Trinajstić information content (AvgIpc) is 2.96. The summed E-state index contributed by atoms with van der Waals surface area (Å²) in [5.41, 5.74) is 3.34. The van der Waals surface area contributed by atoms with Gasteiger partial charge in [-0.2, -0.15) is 17.0 Å². The van der Waals surface area contributed by atoms with Crippen LogP contribution < -0.4 is 5.63 Å². The van der Waals surface area contributed by atoms with Gasteiger partial charge in [0.25, 0.3) is 10.2 Å². The van der Waals surface area contributed by atoms with Gasteiger partial charge in [0.2, 0.25) is 0 Å². The second-order valence-corrected chi connectivity index (χ2v) is 10.5. The second-order valence-electron chi connectivity index (χ2n) is 8.55. The summed E-state index contributed by atoms with van der Waals surface area (Å²) in [6, 6.07) is 5.66. The Morgan fingerprint density at radius 2 is 1.57 bits per heavy atom. The Balaban J connectivity index is 1.51. The van der Waals surface area contributed by atoms with Crippen LogP contribution in [0.25, 0.3) is 11.0 Å². The zero-order chi connectivity index (χ0) is 21.3. The van der Waals surface area contributed by atoms with E-state index in [0.29, 0.717) is 44.9 Å². The molecular formula is C22H31N3O4S. The van der Waals surface area contributed by atoms with Crippen molar-refractivity contribution in [2.24, 2.45) is 0 Å². The van der Waals surface area contributed by atoms with Gasteiger partial charge < -0.3 is 4.42 Å². The van der Waals surface area contributed by atoms with Crippen molar-refractivity contribution in [2.45, 2.75) is 46.1 Å². The molecular weight excluding hydrogens is 402 g/mol. The van der Waals surface area contributed by atoms with Crippen LogP contribution in [0, 0.1) is 13.8 Å². The molecule has 4 rings (SSSR count). The first kappa shape index (κ1) is 21.5. The molecule has 0 amide bonds. The molecule has 8 heteroatoms. The summed E-state index contributed by atoms with van der Waals surface area (Å²) in [5.74, 6) is 0. The van der Waals surface area contributed by atoms with E-state index in [0.717, 1.165) is 54.3 Å². The Labute approximate surface area is 178 Å². The molecule has 2 aliphatic rings. The number of rotatable bonds is 4. The average molecular weight is 434 g/mol. The largest absolute Gasteiger partial charge is 0.422 e. The monoisotopic (exact) mass is 433 g/mol. The van der Waals surface area contributed by atoms with Gasteiger partial charge in [0.05, 0.1) is 0 Å². The van der Waals surface area contributed by atoms with Crippen LogP contribution in [0.5, 0.6) is 0 Å². The van der Waals surface area contributed by atoms with Crippen molar-refractivity contribution < 1.29 is 12.8 Å². The standard InChI is InChI=1S/C22H31N3O4S/c1-17-13-18(2)22-20(14-17)19(15-21(26)29-22)16-23-7-6-10-25(12-11-23)30(27,28)24-8-4-3-5-9-24/h13-15H,3-12,16H2,1-2H3. The highest BCUT2D eigenvalue weighted by atomic mass is 32.2. The third-order valence-electron chi connectivity index (χ3n) is 6.17. The third-order valence-corrected chi connectivity index (χ3v) is 8.20. The molecule has 1 aromatic heterocycles. The van der Waals surface area contributed by atoms with Gasteiger partial charge in [-0.15, -0.1) is 0 Å². The van der Waals surface area contributed by atoms with Crippen LogP contribution in [0.2, 0.25) is 0 Å². The van der Waals surface area contributed by atoms with E-state index in [2.05, 4.69) is 11.0 Å². The lowest BCUT2D eigenvalue weighted by molar-refractivity contribution is 0.272. The summed E-state index contributed by atoms with van der Waals surface area (Å²) in [5, 5.41) is 0.967. The van der Waals surface area contributed by atoms with Crippen molar-refractivity contribution in [1.82, 2.24) is 13.5 Å². The smallest absolute Gasteiger partial charge is 0.336 e. The van der Waals surface area contributed by atoms with E-state index in [-0.39, 0.29) is 5.63 Å². The van der Waals surface area contributed by atoms with Crippen LogP contribution in [-0.4, -0.2) is 61.2 Å². The molecule has 0 saturated carbocycles. The van der Waals surface area contributed by atoms with E-state index in [1.807, 2.05) is 19.9 Å². The fraction of sp³-hybridized carbons (Fsp3) is 0.591. The van der Waals surface area contributed by atoms with Crippen molar-refractivity contribution in [3.05, 3.63) is 45.3 Å². The summed E-state index contributed by atoms with van der Waals surface area (Å²) >= 11 is 0. The third kappa shape index (κ3) is 4.46. The molecule has 30 heavy (non-hydrogen) atoms. The van der Waals surface area contributed by atoms with E-state index in [1.165, 1.54) is 0 Å². The molecule has 0 atom stereocenters. The van der Waals surface area contributed by atoms with Crippen LogP contribution in [0.15, 0.2) is 27.4 Å². The molecule has 1 aromatic carbocycles. The van der Waals surface area contributed by atoms with Gasteiger partial charge in [-0.3, -0.25) is 4.90 Å². The molecule has 2 aromatic rings. The van der Waals surface area contributed by atoms with Gasteiger partial charge in [-0.1, -0.05) is 12.5 Å². The first-order chi connectivity index (χ1) is 14.3. The Kier molecular flexibility index (Phi) is 6.29. The number of fused-ring (bicyclic) bond motifs is 1. The van der Waals surface area contributed by atoms with Crippen LogP contribution in [0.1, 0.15) is 42.4 Å². The Morgan fingerprint density at radius 3 is 2.33 bits per heavy atom. The highest BCUT2D eigenvalue weighted by Crippen LogP contribution is 2.24. The molecule has 2 fully saturated rings. The molecule has 2 aliphatic heterocycles. The fourth-order valence-electron chi connectivity index (χ4n) is 4.65. The van der Waals surface area contributed by atoms with Crippen LogP contribution in [0.3, 0.4) is 0 Å². The topological polar surface area (TPSA) is 74.1 Å². The lowest BCUT2D eigenvalue weighted by Crippen LogP contribution is -2.47. The van der Waals surface area contributed by atoms with Crippen molar-refractivity contribution in [3.63, 3.8) is 0 Å². The van der Waals surface area contributed by atoms with E-state index < -0.39 is 10.2 Å². The number of benzene rings is 1. The number of aryl methyl sites for hydroxylation is 2. The summed E-state index contributed by atoms with van der Waals surface area (Å²) < 4.78 is 34.8. The molecule has 164 valence electrons. The Bertz CT molecular complexity index is 1070. The number of hydrogen-bond acceptors (Lipinski definition) is 5. The lowest BCUT2D eigenvalue weighted by atomic mass is 10.0. The van der Waals surface area contributed by atoms with Gasteiger partial charge in [0, 0.05) is 50.7 Å². The lowest BCUT2D eigenvalue weighted by Gasteiger charge is -2.31. The van der Waals surface area contributed by atoms with Gasteiger partial charge in [-0.25, -0.2) is 4.79 Å². The minimum atomic E-state index is -3.38. The molecule has 0 radical (unpaired) electrons. The van der Waals surface area contributed by atoms with Gasteiger partial charge in [-0.05, 0) is 62.4 Å². The van der Waals surface area contributed by atoms with Crippen LogP contribution in [0.4, 0.5) is 0 Å². The Morgan fingerprint density at radius 1 is 0.867 bits per heavy atom. The predicted octanol–water partition coefficient (Wildman–Crippen LogP) is 2.65. The number of hydrogen-bond donors (Lipinski definition) is 0. The van der Waals surface area contributed by atoms with Crippen molar-refractivity contribution in [1.29, 1.82) is 0 Å². The number of nitrogens with zero attached hydrogens (tertiary/aromatic N) is 3. The molecule has 0 aliphatic carbocycles. The van der Waals surface area contributed by atoms with E-state index >= 15 is 0 Å². The molecule has 3 heterocycles. The summed E-state index contributed by atoms with van der Waals surface area (Å²) in [4.78, 5) is 14.4. The predicted molar refractivity (Wildman–Crippen MR) is 118 cm³/mol. The molecule has 7 nitrogen and oxygen atoms in total. The van der Waals surface area contributed by atoms with Crippen LogP contribution >= 0.6 is 0 Å². The van der Waals surface area contributed by atoms with E-state index in [9.17, 15) is 13.2 Å². The van der Waals surface area contributed by atoms with Gasteiger partial charge in [0.15, 0.2) is 0 Å². The van der Waals surface area contributed by atoms with E-state index in [4.69, 9.17) is 4.42 Å². The SMILES string of the molecule is Cc1cc(C)c2oc(=O)cc(CN3CCCN(S(=O)(=O)N4CCCCC4)CC3)c2c1. The number of piperidine rings is 1. The maximum absolute atomic E-state index is 13.0. The van der Waals surface area contributed by atoms with Crippen molar-refractivity contribution in [2.75, 3.05) is 39.3 Å². The first-order valence-corrected chi connectivity index (χ1v) is 12.3. The molecule has 0 unspecified atom stereocenters. The minimum Gasteiger partial charge on any atom is -0.422 e. The fourth-order valence-corrected chi connectivity index (χ4v) is 6.36. The van der Waals surface area contributed by atoms with E-state index in [1.54, 1.807) is 14.7 Å². The summed E-state index contributed by atoms with van der Waals surface area (Å²) in [6.07, 6.45) is 3.78. The van der Waals surface area contributed by atoms with Gasteiger partial charge >= 0.3 is 5.63 Å². The first-order valence-electron chi connectivity index (χ1n) is 10.9. The van der Waals surface area contributed by atoms with Crippen LogP contribution in [-0.2, 0) is 16.8 Å². The summed E-state index contributed by atoms with van der Waals surface area (Å²) in [6.45, 7) is 8.36. The minimum absolute atomic E-state index is 0.339. The quantitative estimate of drug-likeness (QED) is 0.693. The second kappa shape index (κ2) is 8.78. The molecule has 0 spiro atoms. The molecule has 0 bridgehead atoms. The highest BCUT2D eigenvalue weighted by molar-refractivity contribution is 7.86. The maximum Gasteiger partial charge on any atom is 0.336 e. The molecule has 2 saturated heterocycles. The maximum atomic E-state index is 13.0.